The maximum Gasteiger partial charge on any atom is 0.271 e. The number of hydrogen-bond donors (Lipinski definition) is 1. The highest BCUT2D eigenvalue weighted by Gasteiger charge is 2.26. The molecule has 0 unspecified atom stereocenters. The van der Waals surface area contributed by atoms with Crippen molar-refractivity contribution in [2.45, 2.75) is 0 Å². The van der Waals surface area contributed by atoms with Gasteiger partial charge in [-0.2, -0.15) is 0 Å². The van der Waals surface area contributed by atoms with Crippen LogP contribution in [-0.4, -0.2) is 44.1 Å². The number of nitrogens with zero attached hydrogens (tertiary/aromatic N) is 3. The summed E-state index contributed by atoms with van der Waals surface area (Å²) in [5.74, 6) is -0.563. The van der Waals surface area contributed by atoms with E-state index in [4.69, 9.17) is 4.74 Å². The number of nitro groups is 1. The van der Waals surface area contributed by atoms with Gasteiger partial charge in [-0.1, -0.05) is 0 Å². The molecule has 1 amide bonds. The van der Waals surface area contributed by atoms with Gasteiger partial charge in [0, 0.05) is 18.3 Å². The van der Waals surface area contributed by atoms with Crippen LogP contribution in [0.25, 0.3) is 0 Å². The quantitative estimate of drug-likeness (QED) is 0.567. The second-order valence-corrected chi connectivity index (χ2v) is 7.08. The molecule has 0 radical (unpaired) electrons. The zero-order valence-corrected chi connectivity index (χ0v) is 14.8. The van der Waals surface area contributed by atoms with Crippen LogP contribution in [0.4, 0.5) is 17.1 Å². The molecule has 1 N–H and O–H groups in total. The van der Waals surface area contributed by atoms with Crippen LogP contribution in [-0.2, 0) is 14.8 Å². The molecule has 1 aromatic heterocycles. The standard InChI is InChI=1S/C15H16N4O6S/c1-25-14-6-5-12(19(21)22)8-13(14)18(26(2,23)24)10-15(20)17-11-4-3-7-16-9-11/h3-9H,10H2,1-2H3,(H,17,20). The molecule has 1 aromatic carbocycles. The summed E-state index contributed by atoms with van der Waals surface area (Å²) in [5.41, 5.74) is -0.0513. The summed E-state index contributed by atoms with van der Waals surface area (Å²) in [6.07, 6.45) is 3.81. The average molecular weight is 380 g/mol. The Hall–Kier alpha value is -3.21. The lowest BCUT2D eigenvalue weighted by Gasteiger charge is -2.23. The number of nitrogens with one attached hydrogen (secondary N) is 1. The van der Waals surface area contributed by atoms with Crippen molar-refractivity contribution in [3.8, 4) is 5.75 Å². The first-order valence-electron chi connectivity index (χ1n) is 7.22. The van der Waals surface area contributed by atoms with Crippen molar-refractivity contribution < 1.29 is 22.9 Å². The third-order valence-electron chi connectivity index (χ3n) is 3.27. The molecule has 10 nitrogen and oxygen atoms in total. The number of methoxy groups -OCH3 is 1. The normalized spacial score (nSPS) is 10.8. The van der Waals surface area contributed by atoms with Crippen LogP contribution in [0.5, 0.6) is 5.75 Å². The maximum absolute atomic E-state index is 12.2. The van der Waals surface area contributed by atoms with Gasteiger partial charge in [0.25, 0.3) is 5.69 Å². The first kappa shape index (κ1) is 19.1. The van der Waals surface area contributed by atoms with Crippen molar-refractivity contribution in [3.05, 3.63) is 52.8 Å². The number of carbonyl (C=O) groups excluding carboxylic acids is 1. The minimum Gasteiger partial charge on any atom is -0.495 e. The van der Waals surface area contributed by atoms with Gasteiger partial charge in [-0.05, 0) is 18.2 Å². The third-order valence-corrected chi connectivity index (χ3v) is 4.40. The number of nitro benzene ring substituents is 1. The van der Waals surface area contributed by atoms with Gasteiger partial charge < -0.3 is 10.1 Å². The second-order valence-electron chi connectivity index (χ2n) is 5.17. The van der Waals surface area contributed by atoms with Gasteiger partial charge in [0.15, 0.2) is 0 Å². The molecule has 0 saturated carbocycles. The van der Waals surface area contributed by atoms with Crippen LogP contribution < -0.4 is 14.4 Å². The lowest BCUT2D eigenvalue weighted by atomic mass is 10.2. The summed E-state index contributed by atoms with van der Waals surface area (Å²) < 4.78 is 30.2. The van der Waals surface area contributed by atoms with Crippen LogP contribution in [0, 0.1) is 10.1 Å². The fourth-order valence-electron chi connectivity index (χ4n) is 2.14. The van der Waals surface area contributed by atoms with Crippen molar-refractivity contribution in [2.75, 3.05) is 29.5 Å². The minimum absolute atomic E-state index is 0.0789. The van der Waals surface area contributed by atoms with E-state index in [1.54, 1.807) is 12.1 Å². The summed E-state index contributed by atoms with van der Waals surface area (Å²) in [4.78, 5) is 26.4. The molecular formula is C15H16N4O6S. The van der Waals surface area contributed by atoms with Crippen LogP contribution in [0.2, 0.25) is 0 Å². The Morgan fingerprint density at radius 3 is 2.65 bits per heavy atom. The highest BCUT2D eigenvalue weighted by atomic mass is 32.2. The molecule has 1 heterocycles. The van der Waals surface area contributed by atoms with Crippen LogP contribution in [0.15, 0.2) is 42.7 Å². The van der Waals surface area contributed by atoms with E-state index in [2.05, 4.69) is 10.3 Å². The molecule has 2 rings (SSSR count). The van der Waals surface area contributed by atoms with Gasteiger partial charge in [0.05, 0.1) is 30.2 Å². The first-order chi connectivity index (χ1) is 12.2. The molecule has 0 aliphatic carbocycles. The Labute approximate surface area is 149 Å². The zero-order chi connectivity index (χ0) is 19.3. The predicted molar refractivity (Wildman–Crippen MR) is 94.7 cm³/mol. The van der Waals surface area contributed by atoms with Crippen LogP contribution in [0.3, 0.4) is 0 Å². The van der Waals surface area contributed by atoms with Crippen molar-refractivity contribution in [1.29, 1.82) is 0 Å². The predicted octanol–water partition coefficient (Wildman–Crippen LogP) is 1.40. The van der Waals surface area contributed by atoms with Gasteiger partial charge in [-0.25, -0.2) is 8.42 Å². The lowest BCUT2D eigenvalue weighted by Crippen LogP contribution is -2.37. The number of non-ortho nitro benzene ring substituents is 1. The van der Waals surface area contributed by atoms with E-state index in [1.807, 2.05) is 0 Å². The Morgan fingerprint density at radius 2 is 2.12 bits per heavy atom. The highest BCUT2D eigenvalue weighted by molar-refractivity contribution is 7.92. The number of ether oxygens (including phenoxy) is 1. The Kier molecular flexibility index (Phi) is 5.72. The van der Waals surface area contributed by atoms with Crippen molar-refractivity contribution in [3.63, 3.8) is 0 Å². The van der Waals surface area contributed by atoms with Crippen molar-refractivity contribution in [2.24, 2.45) is 0 Å². The molecule has 0 aliphatic heterocycles. The summed E-state index contributed by atoms with van der Waals surface area (Å²) in [5, 5.41) is 13.5. The van der Waals surface area contributed by atoms with Gasteiger partial charge in [-0.15, -0.1) is 0 Å². The van der Waals surface area contributed by atoms with E-state index in [0.29, 0.717) is 5.69 Å². The topological polar surface area (TPSA) is 132 Å². The number of benzene rings is 1. The monoisotopic (exact) mass is 380 g/mol. The number of rotatable bonds is 7. The smallest absolute Gasteiger partial charge is 0.271 e. The van der Waals surface area contributed by atoms with Gasteiger partial charge >= 0.3 is 0 Å². The van der Waals surface area contributed by atoms with Crippen molar-refractivity contribution in [1.82, 2.24) is 4.98 Å². The van der Waals surface area contributed by atoms with E-state index >= 15 is 0 Å². The largest absolute Gasteiger partial charge is 0.495 e. The fourth-order valence-corrected chi connectivity index (χ4v) is 2.99. The molecule has 2 aromatic rings. The van der Waals surface area contributed by atoms with Crippen LogP contribution >= 0.6 is 0 Å². The summed E-state index contributed by atoms with van der Waals surface area (Å²) in [6.45, 7) is -0.592. The van der Waals surface area contributed by atoms with Gasteiger partial charge in [0.1, 0.15) is 18.0 Å². The molecule has 26 heavy (non-hydrogen) atoms. The van der Waals surface area contributed by atoms with E-state index in [1.165, 1.54) is 31.6 Å². The third kappa shape index (κ3) is 4.66. The molecule has 0 spiro atoms. The summed E-state index contributed by atoms with van der Waals surface area (Å²) in [6, 6.07) is 6.68. The second kappa shape index (κ2) is 7.78. The molecule has 0 aliphatic rings. The summed E-state index contributed by atoms with van der Waals surface area (Å²) in [7, 11) is -2.63. The molecule has 0 fully saturated rings. The van der Waals surface area contributed by atoms with E-state index < -0.39 is 27.4 Å². The highest BCUT2D eigenvalue weighted by Crippen LogP contribution is 2.33. The molecular weight excluding hydrogens is 364 g/mol. The fraction of sp³-hybridized carbons (Fsp3) is 0.200. The van der Waals surface area contributed by atoms with E-state index in [9.17, 15) is 23.3 Å². The first-order valence-corrected chi connectivity index (χ1v) is 9.07. The number of amides is 1. The molecule has 138 valence electrons. The Morgan fingerprint density at radius 1 is 1.38 bits per heavy atom. The van der Waals surface area contributed by atoms with E-state index in [0.717, 1.165) is 16.6 Å². The maximum atomic E-state index is 12.2. The number of anilines is 2. The zero-order valence-electron chi connectivity index (χ0n) is 13.9. The van der Waals surface area contributed by atoms with E-state index in [-0.39, 0.29) is 17.1 Å². The molecule has 0 saturated heterocycles. The molecule has 0 atom stereocenters. The lowest BCUT2D eigenvalue weighted by molar-refractivity contribution is -0.384. The molecule has 0 bridgehead atoms. The molecule has 11 heteroatoms. The Bertz CT molecular complexity index is 917. The summed E-state index contributed by atoms with van der Waals surface area (Å²) >= 11 is 0. The van der Waals surface area contributed by atoms with Crippen LogP contribution in [0.1, 0.15) is 0 Å². The number of carbonyl (C=O) groups is 1. The Balaban J connectivity index is 2.38. The average Bonchev–Trinajstić information content (AvgIpc) is 2.59. The number of aromatic nitrogens is 1. The van der Waals surface area contributed by atoms with Crippen molar-refractivity contribution >= 4 is 33.0 Å². The minimum atomic E-state index is -3.93. The number of sulfonamides is 1. The number of hydrogen-bond acceptors (Lipinski definition) is 7. The SMILES string of the molecule is COc1ccc([N+](=O)[O-])cc1N(CC(=O)Nc1cccnc1)S(C)(=O)=O. The number of pyridine rings is 1. The van der Waals surface area contributed by atoms with Gasteiger partial charge in [0.2, 0.25) is 15.9 Å². The van der Waals surface area contributed by atoms with Gasteiger partial charge in [-0.3, -0.25) is 24.2 Å².